The number of nitrogens with zero attached hydrogens (tertiary/aromatic N) is 1. The van der Waals surface area contributed by atoms with E-state index in [2.05, 4.69) is 65.6 Å². The van der Waals surface area contributed by atoms with Crippen LogP contribution in [0.5, 0.6) is 0 Å². The fraction of sp³-hybridized carbons (Fsp3) is 0.304. The van der Waals surface area contributed by atoms with Crippen molar-refractivity contribution in [3.05, 3.63) is 76.4 Å². The zero-order chi connectivity index (χ0) is 17.1. The van der Waals surface area contributed by atoms with Crippen LogP contribution in [-0.4, -0.2) is 31.1 Å². The monoisotopic (exact) mass is 330 g/mol. The highest BCUT2D eigenvalue weighted by atomic mass is 15.1. The van der Waals surface area contributed by atoms with Crippen molar-refractivity contribution in [3.63, 3.8) is 0 Å². The van der Waals surface area contributed by atoms with E-state index in [4.69, 9.17) is 5.73 Å². The average Bonchev–Trinajstić information content (AvgIpc) is 2.84. The van der Waals surface area contributed by atoms with Crippen LogP contribution in [0.25, 0.3) is 17.7 Å². The van der Waals surface area contributed by atoms with Gasteiger partial charge in [0, 0.05) is 13.1 Å². The molecule has 2 nitrogen and oxygen atoms in total. The number of hydrogen-bond acceptors (Lipinski definition) is 2. The maximum absolute atomic E-state index is 5.67. The van der Waals surface area contributed by atoms with Gasteiger partial charge >= 0.3 is 0 Å². The Hall–Kier alpha value is -2.16. The summed E-state index contributed by atoms with van der Waals surface area (Å²) in [6.07, 6.45) is 7.93. The maximum atomic E-state index is 5.67. The van der Waals surface area contributed by atoms with Gasteiger partial charge in [0.15, 0.2) is 0 Å². The smallest absolute Gasteiger partial charge is 0.00191 e. The summed E-state index contributed by atoms with van der Waals surface area (Å²) in [6.45, 7) is 4.22. The second-order valence-corrected chi connectivity index (χ2v) is 6.97. The van der Waals surface area contributed by atoms with E-state index in [0.717, 1.165) is 45.4 Å². The van der Waals surface area contributed by atoms with Crippen molar-refractivity contribution < 1.29 is 0 Å². The van der Waals surface area contributed by atoms with Crippen molar-refractivity contribution in [2.24, 2.45) is 5.73 Å². The summed E-state index contributed by atoms with van der Waals surface area (Å²) in [5.41, 5.74) is 14.2. The molecule has 0 amide bonds. The molecule has 0 unspecified atom stereocenters. The molecular weight excluding hydrogens is 304 g/mol. The summed E-state index contributed by atoms with van der Waals surface area (Å²) in [5, 5.41) is 0. The highest BCUT2D eigenvalue weighted by Crippen LogP contribution is 2.38. The van der Waals surface area contributed by atoms with E-state index in [-0.39, 0.29) is 0 Å². The maximum Gasteiger partial charge on any atom is 0.00191 e. The highest BCUT2D eigenvalue weighted by molar-refractivity contribution is 5.94. The molecule has 2 N–H and O–H groups in total. The van der Waals surface area contributed by atoms with Gasteiger partial charge in [-0.05, 0) is 60.2 Å². The molecule has 1 saturated heterocycles. The Balaban J connectivity index is 1.75. The summed E-state index contributed by atoms with van der Waals surface area (Å²) in [7, 11) is 0. The number of likely N-dealkylation sites (tertiary alicyclic amines) is 1. The largest absolute Gasteiger partial charge is 0.330 e. The molecule has 4 rings (SSSR count). The zero-order valence-electron chi connectivity index (χ0n) is 14.7. The second-order valence-electron chi connectivity index (χ2n) is 6.97. The van der Waals surface area contributed by atoms with E-state index < -0.39 is 0 Å². The lowest BCUT2D eigenvalue weighted by atomic mass is 9.86. The van der Waals surface area contributed by atoms with Crippen molar-refractivity contribution in [1.29, 1.82) is 0 Å². The summed E-state index contributed by atoms with van der Waals surface area (Å²) >= 11 is 0. The Labute approximate surface area is 150 Å². The summed E-state index contributed by atoms with van der Waals surface area (Å²) < 4.78 is 0. The molecule has 0 radical (unpaired) electrons. The fourth-order valence-electron chi connectivity index (χ4n) is 4.06. The number of piperidine rings is 1. The van der Waals surface area contributed by atoms with Crippen molar-refractivity contribution >= 4 is 17.7 Å². The Morgan fingerprint density at radius 2 is 1.36 bits per heavy atom. The third-order valence-corrected chi connectivity index (χ3v) is 5.39. The molecule has 1 fully saturated rings. The van der Waals surface area contributed by atoms with Gasteiger partial charge < -0.3 is 10.6 Å². The highest BCUT2D eigenvalue weighted by Gasteiger charge is 2.22. The Morgan fingerprint density at radius 1 is 0.800 bits per heavy atom. The van der Waals surface area contributed by atoms with Crippen molar-refractivity contribution in [1.82, 2.24) is 4.90 Å². The first-order chi connectivity index (χ1) is 12.4. The van der Waals surface area contributed by atoms with E-state index in [0.29, 0.717) is 0 Å². The predicted molar refractivity (Wildman–Crippen MR) is 107 cm³/mol. The summed E-state index contributed by atoms with van der Waals surface area (Å²) in [5.74, 6) is 0. The Kier molecular flexibility index (Phi) is 4.82. The van der Waals surface area contributed by atoms with Gasteiger partial charge in [-0.15, -0.1) is 0 Å². The molecule has 2 aromatic carbocycles. The fourth-order valence-corrected chi connectivity index (χ4v) is 4.06. The van der Waals surface area contributed by atoms with Crippen LogP contribution in [0.4, 0.5) is 0 Å². The lowest BCUT2D eigenvalue weighted by molar-refractivity contribution is 0.255. The van der Waals surface area contributed by atoms with Crippen molar-refractivity contribution in [2.75, 3.05) is 26.2 Å². The molecule has 1 aliphatic heterocycles. The topological polar surface area (TPSA) is 29.3 Å². The number of hydrogen-bond donors (Lipinski definition) is 1. The lowest BCUT2D eigenvalue weighted by Gasteiger charge is -2.30. The van der Waals surface area contributed by atoms with Crippen LogP contribution >= 0.6 is 0 Å². The van der Waals surface area contributed by atoms with Gasteiger partial charge in [-0.1, -0.05) is 66.3 Å². The van der Waals surface area contributed by atoms with Gasteiger partial charge in [0.05, 0.1) is 0 Å². The minimum absolute atomic E-state index is 0.789. The molecule has 2 aliphatic rings. The van der Waals surface area contributed by atoms with Crippen LogP contribution in [0.1, 0.15) is 41.5 Å². The van der Waals surface area contributed by atoms with Crippen LogP contribution in [0.15, 0.2) is 54.1 Å². The normalized spacial score (nSPS) is 17.2. The average molecular weight is 330 g/mol. The lowest BCUT2D eigenvalue weighted by Crippen LogP contribution is -2.32. The van der Waals surface area contributed by atoms with Gasteiger partial charge in [0.25, 0.3) is 0 Å². The van der Waals surface area contributed by atoms with Crippen LogP contribution in [0.3, 0.4) is 0 Å². The summed E-state index contributed by atoms with van der Waals surface area (Å²) in [4.78, 5) is 2.56. The molecule has 0 atom stereocenters. The molecule has 25 heavy (non-hydrogen) atoms. The van der Waals surface area contributed by atoms with E-state index in [1.54, 1.807) is 5.57 Å². The first-order valence-corrected chi connectivity index (χ1v) is 9.38. The minimum atomic E-state index is 0.789. The van der Waals surface area contributed by atoms with E-state index in [1.165, 1.54) is 27.8 Å². The van der Waals surface area contributed by atoms with Crippen molar-refractivity contribution in [2.45, 2.75) is 19.3 Å². The molecular formula is C23H26N2. The van der Waals surface area contributed by atoms with E-state index in [1.807, 2.05) is 0 Å². The third kappa shape index (κ3) is 3.33. The standard InChI is InChI=1S/C23H26N2/c24-14-5-15-25-16-12-20(13-17-25)23-21-8-3-1-6-18(21)10-11-19-7-2-4-9-22(19)23/h1-4,6-11H,5,12-17,24H2. The summed E-state index contributed by atoms with van der Waals surface area (Å²) in [6, 6.07) is 17.6. The first-order valence-electron chi connectivity index (χ1n) is 9.38. The Bertz CT molecular complexity index is 755. The molecule has 0 spiro atoms. The zero-order valence-corrected chi connectivity index (χ0v) is 14.7. The molecule has 0 aromatic heterocycles. The van der Waals surface area contributed by atoms with Crippen molar-refractivity contribution in [3.8, 4) is 0 Å². The van der Waals surface area contributed by atoms with Crippen LogP contribution in [-0.2, 0) is 0 Å². The predicted octanol–water partition coefficient (Wildman–Crippen LogP) is 4.42. The van der Waals surface area contributed by atoms with Gasteiger partial charge in [0.1, 0.15) is 0 Å². The molecule has 0 saturated carbocycles. The molecule has 128 valence electrons. The molecule has 2 heteroatoms. The van der Waals surface area contributed by atoms with Crippen LogP contribution < -0.4 is 5.73 Å². The van der Waals surface area contributed by atoms with Gasteiger partial charge in [-0.25, -0.2) is 0 Å². The Morgan fingerprint density at radius 3 is 1.92 bits per heavy atom. The quantitative estimate of drug-likeness (QED) is 0.770. The van der Waals surface area contributed by atoms with Gasteiger partial charge in [0.2, 0.25) is 0 Å². The number of nitrogens with two attached hydrogens (primary N) is 1. The number of rotatable bonds is 3. The second kappa shape index (κ2) is 7.38. The van der Waals surface area contributed by atoms with Gasteiger partial charge in [-0.3, -0.25) is 0 Å². The van der Waals surface area contributed by atoms with Crippen LogP contribution in [0.2, 0.25) is 0 Å². The molecule has 1 heterocycles. The SMILES string of the molecule is NCCCN1CCC(=C2c3ccccc3C=Cc3ccccc32)CC1. The number of benzene rings is 2. The first kappa shape index (κ1) is 16.3. The van der Waals surface area contributed by atoms with Gasteiger partial charge in [-0.2, -0.15) is 0 Å². The molecule has 0 bridgehead atoms. The van der Waals surface area contributed by atoms with Crippen LogP contribution in [0, 0.1) is 0 Å². The third-order valence-electron chi connectivity index (χ3n) is 5.39. The molecule has 2 aromatic rings. The van der Waals surface area contributed by atoms with E-state index >= 15 is 0 Å². The minimum Gasteiger partial charge on any atom is -0.330 e. The molecule has 1 aliphatic carbocycles. The number of fused-ring (bicyclic) bond motifs is 2. The van der Waals surface area contributed by atoms with E-state index in [9.17, 15) is 0 Å².